The van der Waals surface area contributed by atoms with Gasteiger partial charge in [-0.3, -0.25) is 4.79 Å². The fourth-order valence-electron chi connectivity index (χ4n) is 2.64. The molecule has 0 unspecified atom stereocenters. The number of para-hydroxylation sites is 2. The van der Waals surface area contributed by atoms with Crippen LogP contribution in [0.5, 0.6) is 0 Å². The van der Waals surface area contributed by atoms with Crippen LogP contribution in [0.2, 0.25) is 0 Å². The van der Waals surface area contributed by atoms with Crippen LogP contribution in [0, 0.1) is 13.8 Å². The highest BCUT2D eigenvalue weighted by Gasteiger charge is 2.13. The van der Waals surface area contributed by atoms with Crippen LogP contribution >= 0.6 is 0 Å². The Bertz CT molecular complexity index is 731. The van der Waals surface area contributed by atoms with Crippen LogP contribution in [0.15, 0.2) is 78.9 Å². The number of rotatable bonds is 3. The number of hydrogen-bond acceptors (Lipinski definition) is 2. The average molecular weight is 319 g/mol. The molecule has 0 saturated heterocycles. The maximum absolute atomic E-state index is 8.36. The predicted octanol–water partition coefficient (Wildman–Crippen LogP) is 5.47. The summed E-state index contributed by atoms with van der Waals surface area (Å²) in [6.45, 7) is 4.05. The van der Waals surface area contributed by atoms with E-state index < -0.39 is 0 Å². The number of benzene rings is 3. The van der Waals surface area contributed by atoms with E-state index in [1.165, 1.54) is 28.2 Å². The molecule has 0 aliphatic rings. The molecule has 1 N–H and O–H groups in total. The molecule has 3 heteroatoms. The summed E-state index contributed by atoms with van der Waals surface area (Å²) in [5.74, 6) is 0. The second kappa shape index (κ2) is 8.53. The SMILES string of the molecule is Cc1ccc(N(c2ccccc2)c2ccccc2)c(C)c1.O=CO. The van der Waals surface area contributed by atoms with Gasteiger partial charge in [0.05, 0.1) is 0 Å². The highest BCUT2D eigenvalue weighted by molar-refractivity contribution is 5.78. The zero-order valence-corrected chi connectivity index (χ0v) is 13.9. The topological polar surface area (TPSA) is 40.5 Å². The zero-order chi connectivity index (χ0) is 17.4. The first-order valence-electron chi connectivity index (χ1n) is 7.72. The Morgan fingerprint density at radius 2 is 1.25 bits per heavy atom. The van der Waals surface area contributed by atoms with Crippen molar-refractivity contribution >= 4 is 23.5 Å². The molecule has 0 aliphatic carbocycles. The average Bonchev–Trinajstić information content (AvgIpc) is 2.60. The lowest BCUT2D eigenvalue weighted by Gasteiger charge is -2.27. The van der Waals surface area contributed by atoms with Crippen molar-refractivity contribution < 1.29 is 9.90 Å². The van der Waals surface area contributed by atoms with Crippen molar-refractivity contribution in [2.24, 2.45) is 0 Å². The summed E-state index contributed by atoms with van der Waals surface area (Å²) in [4.78, 5) is 10.7. The summed E-state index contributed by atoms with van der Waals surface area (Å²) >= 11 is 0. The van der Waals surface area contributed by atoms with Crippen LogP contribution in [0.25, 0.3) is 0 Å². The number of carboxylic acid groups (broad SMARTS) is 1. The van der Waals surface area contributed by atoms with Crippen LogP contribution in [0.3, 0.4) is 0 Å². The van der Waals surface area contributed by atoms with Crippen molar-refractivity contribution in [3.8, 4) is 0 Å². The molecule has 0 amide bonds. The molecule has 0 bridgehead atoms. The summed E-state index contributed by atoms with van der Waals surface area (Å²) < 4.78 is 0. The monoisotopic (exact) mass is 319 g/mol. The smallest absolute Gasteiger partial charge is 0.290 e. The van der Waals surface area contributed by atoms with Crippen LogP contribution in [0.4, 0.5) is 17.1 Å². The van der Waals surface area contributed by atoms with Crippen molar-refractivity contribution in [2.45, 2.75) is 13.8 Å². The molecule has 0 atom stereocenters. The zero-order valence-electron chi connectivity index (χ0n) is 13.9. The molecule has 0 aromatic heterocycles. The van der Waals surface area contributed by atoms with Gasteiger partial charge in [0.2, 0.25) is 0 Å². The Balaban J connectivity index is 0.000000647. The van der Waals surface area contributed by atoms with Gasteiger partial charge < -0.3 is 10.0 Å². The molecule has 3 aromatic carbocycles. The third kappa shape index (κ3) is 4.23. The first kappa shape index (κ1) is 17.3. The lowest BCUT2D eigenvalue weighted by molar-refractivity contribution is -0.122. The standard InChI is InChI=1S/C20H19N.CH2O2/c1-16-13-14-20(17(2)15-16)21(18-9-5-3-6-10-18)19-11-7-4-8-12-19;2-1-3/h3-15H,1-2H3;1H,(H,2,3). The van der Waals surface area contributed by atoms with E-state index in [-0.39, 0.29) is 6.47 Å². The van der Waals surface area contributed by atoms with E-state index in [2.05, 4.69) is 97.6 Å². The molecule has 3 nitrogen and oxygen atoms in total. The molecule has 0 saturated carbocycles. The molecule has 0 heterocycles. The summed E-state index contributed by atoms with van der Waals surface area (Å²) in [7, 11) is 0. The highest BCUT2D eigenvalue weighted by atomic mass is 16.3. The lowest BCUT2D eigenvalue weighted by Crippen LogP contribution is -2.11. The van der Waals surface area contributed by atoms with Crippen molar-refractivity contribution in [1.82, 2.24) is 0 Å². The molecule has 0 aliphatic heterocycles. The van der Waals surface area contributed by atoms with Crippen LogP contribution in [-0.2, 0) is 4.79 Å². The first-order chi connectivity index (χ1) is 11.7. The van der Waals surface area contributed by atoms with Gasteiger partial charge in [-0.25, -0.2) is 0 Å². The van der Waals surface area contributed by atoms with Gasteiger partial charge in [-0.15, -0.1) is 0 Å². The largest absolute Gasteiger partial charge is 0.483 e. The molecule has 122 valence electrons. The van der Waals surface area contributed by atoms with Gasteiger partial charge in [0.1, 0.15) is 0 Å². The Labute approximate surface area is 142 Å². The van der Waals surface area contributed by atoms with E-state index in [9.17, 15) is 0 Å². The van der Waals surface area contributed by atoms with Crippen LogP contribution in [-0.4, -0.2) is 11.6 Å². The molecule has 0 fully saturated rings. The Kier molecular flexibility index (Phi) is 6.15. The quantitative estimate of drug-likeness (QED) is 0.650. The van der Waals surface area contributed by atoms with Crippen molar-refractivity contribution in [2.75, 3.05) is 4.90 Å². The summed E-state index contributed by atoms with van der Waals surface area (Å²) in [6, 6.07) is 27.6. The van der Waals surface area contributed by atoms with Gasteiger partial charge in [0.25, 0.3) is 6.47 Å². The number of anilines is 3. The minimum atomic E-state index is -0.250. The van der Waals surface area contributed by atoms with E-state index in [1.54, 1.807) is 0 Å². The Hall–Kier alpha value is -3.07. The van der Waals surface area contributed by atoms with E-state index in [4.69, 9.17) is 9.90 Å². The Morgan fingerprint density at radius 1 is 0.792 bits per heavy atom. The van der Waals surface area contributed by atoms with Gasteiger partial charge in [0, 0.05) is 17.1 Å². The van der Waals surface area contributed by atoms with E-state index in [0.29, 0.717) is 0 Å². The van der Waals surface area contributed by atoms with E-state index in [0.717, 1.165) is 0 Å². The fourth-order valence-corrected chi connectivity index (χ4v) is 2.64. The summed E-state index contributed by atoms with van der Waals surface area (Å²) in [5.41, 5.74) is 6.14. The molecule has 3 rings (SSSR count). The molecule has 24 heavy (non-hydrogen) atoms. The molecule has 0 radical (unpaired) electrons. The maximum atomic E-state index is 8.36. The maximum Gasteiger partial charge on any atom is 0.290 e. The minimum Gasteiger partial charge on any atom is -0.483 e. The molecular formula is C21H21NO2. The second-order valence-corrected chi connectivity index (χ2v) is 5.40. The number of aryl methyl sites for hydroxylation is 2. The minimum absolute atomic E-state index is 0.250. The third-order valence-electron chi connectivity index (χ3n) is 3.62. The second-order valence-electron chi connectivity index (χ2n) is 5.40. The number of nitrogens with zero attached hydrogens (tertiary/aromatic N) is 1. The molecule has 3 aromatic rings. The van der Waals surface area contributed by atoms with Gasteiger partial charge >= 0.3 is 0 Å². The number of carbonyl (C=O) groups is 1. The van der Waals surface area contributed by atoms with Crippen molar-refractivity contribution in [3.63, 3.8) is 0 Å². The van der Waals surface area contributed by atoms with E-state index >= 15 is 0 Å². The Morgan fingerprint density at radius 3 is 1.67 bits per heavy atom. The van der Waals surface area contributed by atoms with E-state index in [1.807, 2.05) is 0 Å². The van der Waals surface area contributed by atoms with Gasteiger partial charge in [0.15, 0.2) is 0 Å². The fraction of sp³-hybridized carbons (Fsp3) is 0.0952. The number of hydrogen-bond donors (Lipinski definition) is 1. The van der Waals surface area contributed by atoms with Gasteiger partial charge in [-0.05, 0) is 49.7 Å². The first-order valence-corrected chi connectivity index (χ1v) is 7.72. The summed E-state index contributed by atoms with van der Waals surface area (Å²) in [5, 5.41) is 6.89. The van der Waals surface area contributed by atoms with Crippen molar-refractivity contribution in [1.29, 1.82) is 0 Å². The normalized spacial score (nSPS) is 9.58. The summed E-state index contributed by atoms with van der Waals surface area (Å²) in [6.07, 6.45) is 0. The van der Waals surface area contributed by atoms with Crippen LogP contribution in [0.1, 0.15) is 11.1 Å². The van der Waals surface area contributed by atoms with Gasteiger partial charge in [-0.1, -0.05) is 54.1 Å². The third-order valence-corrected chi connectivity index (χ3v) is 3.62. The van der Waals surface area contributed by atoms with Crippen LogP contribution < -0.4 is 4.90 Å². The van der Waals surface area contributed by atoms with Crippen molar-refractivity contribution in [3.05, 3.63) is 90.0 Å². The molecular weight excluding hydrogens is 298 g/mol. The predicted molar refractivity (Wildman–Crippen MR) is 99.3 cm³/mol. The highest BCUT2D eigenvalue weighted by Crippen LogP contribution is 2.36. The molecule has 0 spiro atoms. The lowest BCUT2D eigenvalue weighted by atomic mass is 10.1. The van der Waals surface area contributed by atoms with Gasteiger partial charge in [-0.2, -0.15) is 0 Å².